The predicted octanol–water partition coefficient (Wildman–Crippen LogP) is 0.894. The van der Waals surface area contributed by atoms with Crippen molar-refractivity contribution in [3.8, 4) is 0 Å². The summed E-state index contributed by atoms with van der Waals surface area (Å²) < 4.78 is 5.70. The van der Waals surface area contributed by atoms with Gasteiger partial charge in [-0.25, -0.2) is 0 Å². The minimum atomic E-state index is -0.514. The van der Waals surface area contributed by atoms with Gasteiger partial charge < -0.3 is 20.5 Å². The molecule has 0 aromatic rings. The minimum Gasteiger partial charge on any atom is -0.394 e. The van der Waals surface area contributed by atoms with Gasteiger partial charge in [-0.1, -0.05) is 31.4 Å². The van der Waals surface area contributed by atoms with E-state index in [1.54, 1.807) is 12.2 Å². The molecule has 2 aliphatic rings. The van der Waals surface area contributed by atoms with Gasteiger partial charge in [-0.2, -0.15) is 0 Å². The number of aliphatic hydroxyl groups is 1. The Kier molecular flexibility index (Phi) is 7.05. The zero-order valence-electron chi connectivity index (χ0n) is 13.8. The van der Waals surface area contributed by atoms with Crippen molar-refractivity contribution in [2.75, 3.05) is 13.2 Å². The molecule has 0 unspecified atom stereocenters. The van der Waals surface area contributed by atoms with Crippen LogP contribution in [0.15, 0.2) is 12.2 Å². The van der Waals surface area contributed by atoms with Crippen molar-refractivity contribution in [1.29, 1.82) is 0 Å². The number of carbonyl (C=O) groups is 2. The number of nitrogens with one attached hydrogen (secondary N) is 2. The standard InChI is InChI=1S/C17H28N2O4/c1-12(21)19-15-8-7-14(23-16(15)11-20)9-17(22)18-10-13-5-3-2-4-6-13/h7-8,13-16,20H,2-6,9-11H2,1H3,(H,18,22)(H,19,21)/t14-,15+,16+/m1/s1. The molecule has 0 spiro atoms. The first-order valence-electron chi connectivity index (χ1n) is 8.57. The average Bonchev–Trinajstić information content (AvgIpc) is 2.55. The Morgan fingerprint density at radius 1 is 1.22 bits per heavy atom. The molecule has 1 aliphatic heterocycles. The Bertz CT molecular complexity index is 432. The number of carbonyl (C=O) groups excluding carboxylic acids is 2. The number of ether oxygens (including phenoxy) is 1. The maximum atomic E-state index is 12.1. The first-order valence-corrected chi connectivity index (χ1v) is 8.57. The van der Waals surface area contributed by atoms with Gasteiger partial charge in [0.25, 0.3) is 0 Å². The van der Waals surface area contributed by atoms with Crippen LogP contribution < -0.4 is 10.6 Å². The molecule has 3 atom stereocenters. The van der Waals surface area contributed by atoms with Crippen LogP contribution in [0.5, 0.6) is 0 Å². The lowest BCUT2D eigenvalue weighted by Crippen LogP contribution is -2.48. The molecule has 0 bridgehead atoms. The van der Waals surface area contributed by atoms with Crippen LogP contribution in [0.4, 0.5) is 0 Å². The van der Waals surface area contributed by atoms with Crippen molar-refractivity contribution in [3.63, 3.8) is 0 Å². The van der Waals surface area contributed by atoms with E-state index in [4.69, 9.17) is 4.74 Å². The summed E-state index contributed by atoms with van der Waals surface area (Å²) in [4.78, 5) is 23.2. The van der Waals surface area contributed by atoms with Crippen LogP contribution in [0, 0.1) is 5.92 Å². The molecule has 130 valence electrons. The number of rotatable bonds is 6. The highest BCUT2D eigenvalue weighted by Gasteiger charge is 2.28. The number of hydrogen-bond donors (Lipinski definition) is 3. The quantitative estimate of drug-likeness (QED) is 0.633. The fourth-order valence-electron chi connectivity index (χ4n) is 3.27. The molecule has 6 nitrogen and oxygen atoms in total. The summed E-state index contributed by atoms with van der Waals surface area (Å²) in [6, 6.07) is -0.348. The van der Waals surface area contributed by atoms with E-state index in [9.17, 15) is 14.7 Å². The van der Waals surface area contributed by atoms with Gasteiger partial charge in [0.15, 0.2) is 0 Å². The van der Waals surface area contributed by atoms with Crippen molar-refractivity contribution in [2.45, 2.75) is 63.7 Å². The average molecular weight is 324 g/mol. The van der Waals surface area contributed by atoms with Crippen LogP contribution in [0.2, 0.25) is 0 Å². The lowest BCUT2D eigenvalue weighted by Gasteiger charge is -2.31. The van der Waals surface area contributed by atoms with Gasteiger partial charge in [-0.05, 0) is 18.8 Å². The predicted molar refractivity (Wildman–Crippen MR) is 86.7 cm³/mol. The number of hydrogen-bond acceptors (Lipinski definition) is 4. The maximum absolute atomic E-state index is 12.1. The van der Waals surface area contributed by atoms with Crippen LogP contribution in [0.25, 0.3) is 0 Å². The second-order valence-corrected chi connectivity index (χ2v) is 6.52. The molecule has 2 rings (SSSR count). The Hall–Kier alpha value is -1.40. The summed E-state index contributed by atoms with van der Waals surface area (Å²) in [7, 11) is 0. The van der Waals surface area contributed by atoms with Crippen LogP contribution in [-0.4, -0.2) is 48.3 Å². The van der Waals surface area contributed by atoms with Crippen LogP contribution >= 0.6 is 0 Å². The third-order valence-electron chi connectivity index (χ3n) is 4.53. The second-order valence-electron chi connectivity index (χ2n) is 6.52. The van der Waals surface area contributed by atoms with Crippen molar-refractivity contribution in [3.05, 3.63) is 12.2 Å². The topological polar surface area (TPSA) is 87.7 Å². The SMILES string of the molecule is CC(=O)N[C@H]1C=C[C@H](CC(=O)NCC2CCCCC2)O[C@H]1CO. The zero-order valence-corrected chi connectivity index (χ0v) is 13.8. The molecule has 1 heterocycles. The van der Waals surface area contributed by atoms with Gasteiger partial charge >= 0.3 is 0 Å². The fraction of sp³-hybridized carbons (Fsp3) is 0.765. The van der Waals surface area contributed by atoms with Gasteiger partial charge in [0, 0.05) is 13.5 Å². The summed E-state index contributed by atoms with van der Waals surface area (Å²) in [6.07, 6.45) is 9.18. The van der Waals surface area contributed by atoms with E-state index >= 15 is 0 Å². The second kappa shape index (κ2) is 9.03. The summed E-state index contributed by atoms with van der Waals surface area (Å²) >= 11 is 0. The molecule has 2 amide bonds. The summed E-state index contributed by atoms with van der Waals surface area (Å²) in [6.45, 7) is 1.97. The smallest absolute Gasteiger partial charge is 0.222 e. The van der Waals surface area contributed by atoms with Gasteiger partial charge in [0.1, 0.15) is 6.10 Å². The Morgan fingerprint density at radius 2 is 1.96 bits per heavy atom. The molecule has 3 N–H and O–H groups in total. The molecule has 0 aromatic heterocycles. The van der Waals surface area contributed by atoms with E-state index in [0.717, 1.165) is 6.54 Å². The van der Waals surface area contributed by atoms with Crippen molar-refractivity contribution >= 4 is 11.8 Å². The lowest BCUT2D eigenvalue weighted by molar-refractivity contribution is -0.127. The van der Waals surface area contributed by atoms with Crippen LogP contribution in [-0.2, 0) is 14.3 Å². The van der Waals surface area contributed by atoms with E-state index in [2.05, 4.69) is 10.6 Å². The number of aliphatic hydroxyl groups excluding tert-OH is 1. The van der Waals surface area contributed by atoms with E-state index in [0.29, 0.717) is 5.92 Å². The monoisotopic (exact) mass is 324 g/mol. The molecule has 1 aliphatic carbocycles. The van der Waals surface area contributed by atoms with E-state index in [-0.39, 0.29) is 37.0 Å². The zero-order chi connectivity index (χ0) is 16.7. The van der Waals surface area contributed by atoms with E-state index < -0.39 is 6.10 Å². The summed E-state index contributed by atoms with van der Waals surface area (Å²) in [5.74, 6) is 0.398. The van der Waals surface area contributed by atoms with Crippen molar-refractivity contribution < 1.29 is 19.4 Å². The van der Waals surface area contributed by atoms with Gasteiger partial charge in [0.05, 0.1) is 25.2 Å². The largest absolute Gasteiger partial charge is 0.394 e. The molecule has 0 radical (unpaired) electrons. The highest BCUT2D eigenvalue weighted by molar-refractivity contribution is 5.76. The van der Waals surface area contributed by atoms with Crippen LogP contribution in [0.1, 0.15) is 45.4 Å². The Balaban J connectivity index is 1.76. The van der Waals surface area contributed by atoms with Gasteiger partial charge in [0.2, 0.25) is 11.8 Å². The first-order chi connectivity index (χ1) is 11.1. The molecule has 23 heavy (non-hydrogen) atoms. The molecular weight excluding hydrogens is 296 g/mol. The summed E-state index contributed by atoms with van der Waals surface area (Å²) in [5.41, 5.74) is 0. The Labute approximate surface area is 137 Å². The molecule has 1 saturated carbocycles. The van der Waals surface area contributed by atoms with Gasteiger partial charge in [-0.15, -0.1) is 0 Å². The molecule has 0 aromatic carbocycles. The van der Waals surface area contributed by atoms with Crippen LogP contribution in [0.3, 0.4) is 0 Å². The molecule has 6 heteroatoms. The van der Waals surface area contributed by atoms with Gasteiger partial charge in [-0.3, -0.25) is 9.59 Å². The van der Waals surface area contributed by atoms with E-state index in [1.165, 1.54) is 39.0 Å². The molecule has 1 fully saturated rings. The highest BCUT2D eigenvalue weighted by atomic mass is 16.5. The Morgan fingerprint density at radius 3 is 2.61 bits per heavy atom. The highest BCUT2D eigenvalue weighted by Crippen LogP contribution is 2.23. The normalized spacial score (nSPS) is 28.3. The van der Waals surface area contributed by atoms with Crippen molar-refractivity contribution in [1.82, 2.24) is 10.6 Å². The maximum Gasteiger partial charge on any atom is 0.222 e. The molecular formula is C17H28N2O4. The fourth-order valence-corrected chi connectivity index (χ4v) is 3.27. The first kappa shape index (κ1) is 17.9. The molecule has 0 saturated heterocycles. The third-order valence-corrected chi connectivity index (χ3v) is 4.53. The number of amides is 2. The lowest BCUT2D eigenvalue weighted by atomic mass is 9.89. The minimum absolute atomic E-state index is 0.0279. The summed E-state index contributed by atoms with van der Waals surface area (Å²) in [5, 5.41) is 15.1. The third kappa shape index (κ3) is 5.95. The van der Waals surface area contributed by atoms with Crippen molar-refractivity contribution in [2.24, 2.45) is 5.92 Å². The van der Waals surface area contributed by atoms with E-state index in [1.807, 2.05) is 0 Å².